The van der Waals surface area contributed by atoms with Crippen molar-refractivity contribution in [3.05, 3.63) is 247 Å². The smallest absolute Gasteiger partial charge is 0.0465 e. The second-order valence-corrected chi connectivity index (χ2v) is 18.9. The molecule has 0 spiro atoms. The largest absolute Gasteiger partial charge is 0.310 e. The molecule has 0 aromatic heterocycles. The maximum atomic E-state index is 2.43. The second kappa shape index (κ2) is 14.9. The van der Waals surface area contributed by atoms with Crippen LogP contribution >= 0.6 is 0 Å². The van der Waals surface area contributed by atoms with Gasteiger partial charge in [0, 0.05) is 27.9 Å². The first-order valence-corrected chi connectivity index (χ1v) is 22.9. The van der Waals surface area contributed by atoms with Crippen LogP contribution in [0.2, 0.25) is 0 Å². The number of nitrogens with zero attached hydrogens (tertiary/aromatic N) is 1. The SMILES string of the molecule is CC1(C)c2ccccc2-c2ccc(N(c3ccc(-c4ccccc4)cc3)c3ccc(-c4c5c(c6ccccc6c4-c4ccc(-c6ccccc6)cc4)C(C)(C)c4ccccc4-5)cc3)cc21. The van der Waals surface area contributed by atoms with E-state index in [1.807, 2.05) is 0 Å². The fourth-order valence-electron chi connectivity index (χ4n) is 11.3. The molecule has 1 heteroatoms. The van der Waals surface area contributed by atoms with Crippen molar-refractivity contribution in [3.63, 3.8) is 0 Å². The Kier molecular flexibility index (Phi) is 8.94. The lowest BCUT2D eigenvalue weighted by Gasteiger charge is -2.29. The summed E-state index contributed by atoms with van der Waals surface area (Å²) in [6.07, 6.45) is 0. The minimum absolute atomic E-state index is 0.120. The normalized spacial score (nSPS) is 13.8. The molecule has 0 bridgehead atoms. The van der Waals surface area contributed by atoms with E-state index in [2.05, 4.69) is 257 Å². The van der Waals surface area contributed by atoms with Gasteiger partial charge in [-0.2, -0.15) is 0 Å². The molecule has 0 saturated heterocycles. The highest BCUT2D eigenvalue weighted by atomic mass is 15.1. The standard InChI is InChI=1S/C64H49N/c1-63(2)56-25-15-13-21-51(56)52-40-39-50(41-58(52)63)65(48-35-31-45(32-36-48)43-19-9-6-10-20-43)49-37-33-47(34-38-49)60-59(46-29-27-44(28-30-46)42-17-7-5-8-18-42)53-22-11-12-23-54(53)62-61(60)55-24-14-16-26-57(55)64(62,3)4/h5-41H,1-4H3. The lowest BCUT2D eigenvalue weighted by molar-refractivity contribution is 0.660. The fraction of sp³-hybridized carbons (Fsp3) is 0.0938. The molecule has 310 valence electrons. The maximum absolute atomic E-state index is 2.43. The molecule has 0 atom stereocenters. The topological polar surface area (TPSA) is 3.24 Å². The van der Waals surface area contributed by atoms with Crippen LogP contribution in [0, 0.1) is 0 Å². The molecule has 1 nitrogen and oxygen atoms in total. The molecule has 2 aliphatic rings. The van der Waals surface area contributed by atoms with Crippen LogP contribution in [0.5, 0.6) is 0 Å². The predicted molar refractivity (Wildman–Crippen MR) is 276 cm³/mol. The van der Waals surface area contributed by atoms with Crippen LogP contribution in [-0.2, 0) is 10.8 Å². The van der Waals surface area contributed by atoms with E-state index in [1.165, 1.54) is 99.8 Å². The first-order chi connectivity index (χ1) is 31.8. The lowest BCUT2D eigenvalue weighted by atomic mass is 9.77. The van der Waals surface area contributed by atoms with Crippen molar-refractivity contribution in [1.82, 2.24) is 0 Å². The molecule has 0 aliphatic heterocycles. The van der Waals surface area contributed by atoms with Crippen molar-refractivity contribution in [2.75, 3.05) is 4.90 Å². The summed E-state index contributed by atoms with van der Waals surface area (Å²) in [7, 11) is 0. The van der Waals surface area contributed by atoms with Gasteiger partial charge in [-0.25, -0.2) is 0 Å². The van der Waals surface area contributed by atoms with E-state index in [1.54, 1.807) is 0 Å². The Morgan fingerprint density at radius 1 is 0.277 bits per heavy atom. The first kappa shape index (κ1) is 38.9. The fourth-order valence-corrected chi connectivity index (χ4v) is 11.3. The summed E-state index contributed by atoms with van der Waals surface area (Å²) in [5, 5.41) is 2.60. The summed E-state index contributed by atoms with van der Waals surface area (Å²) < 4.78 is 0. The second-order valence-electron chi connectivity index (χ2n) is 18.9. The molecule has 65 heavy (non-hydrogen) atoms. The van der Waals surface area contributed by atoms with Crippen molar-refractivity contribution in [2.45, 2.75) is 38.5 Å². The number of fused-ring (bicyclic) bond motifs is 8. The van der Waals surface area contributed by atoms with E-state index in [4.69, 9.17) is 0 Å². The van der Waals surface area contributed by atoms with Crippen molar-refractivity contribution in [3.8, 4) is 66.8 Å². The van der Waals surface area contributed by atoms with Gasteiger partial charge < -0.3 is 4.90 Å². The minimum Gasteiger partial charge on any atom is -0.310 e. The van der Waals surface area contributed by atoms with Crippen LogP contribution in [0.1, 0.15) is 49.9 Å². The monoisotopic (exact) mass is 831 g/mol. The van der Waals surface area contributed by atoms with Gasteiger partial charge >= 0.3 is 0 Å². The number of hydrogen-bond acceptors (Lipinski definition) is 1. The van der Waals surface area contributed by atoms with Gasteiger partial charge in [0.2, 0.25) is 0 Å². The van der Waals surface area contributed by atoms with Gasteiger partial charge in [0.15, 0.2) is 0 Å². The number of rotatable bonds is 7. The zero-order chi connectivity index (χ0) is 43.9. The van der Waals surface area contributed by atoms with Gasteiger partial charge in [-0.05, 0) is 136 Å². The summed E-state index contributed by atoms with van der Waals surface area (Å²) in [5.41, 5.74) is 23.7. The van der Waals surface area contributed by atoms with E-state index >= 15 is 0 Å². The average molecular weight is 832 g/mol. The third-order valence-electron chi connectivity index (χ3n) is 14.5. The molecule has 0 amide bonds. The van der Waals surface area contributed by atoms with Gasteiger partial charge in [-0.1, -0.05) is 216 Å². The number of anilines is 3. The van der Waals surface area contributed by atoms with Gasteiger partial charge in [0.1, 0.15) is 0 Å². The highest BCUT2D eigenvalue weighted by molar-refractivity contribution is 6.14. The van der Waals surface area contributed by atoms with Crippen LogP contribution in [0.15, 0.2) is 224 Å². The highest BCUT2D eigenvalue weighted by Crippen LogP contribution is 2.58. The van der Waals surface area contributed by atoms with Gasteiger partial charge in [-0.15, -0.1) is 0 Å². The zero-order valence-electron chi connectivity index (χ0n) is 37.3. The molecular weight excluding hydrogens is 783 g/mol. The lowest BCUT2D eigenvalue weighted by Crippen LogP contribution is -2.16. The molecule has 0 N–H and O–H groups in total. The van der Waals surface area contributed by atoms with E-state index in [9.17, 15) is 0 Å². The Morgan fingerprint density at radius 3 is 1.31 bits per heavy atom. The van der Waals surface area contributed by atoms with E-state index in [-0.39, 0.29) is 10.8 Å². The Bertz CT molecular complexity index is 3430. The van der Waals surface area contributed by atoms with Crippen LogP contribution in [0.25, 0.3) is 77.5 Å². The predicted octanol–water partition coefficient (Wildman–Crippen LogP) is 17.6. The van der Waals surface area contributed by atoms with Crippen molar-refractivity contribution >= 4 is 27.8 Å². The molecule has 10 aromatic carbocycles. The van der Waals surface area contributed by atoms with E-state index in [0.717, 1.165) is 17.1 Å². The van der Waals surface area contributed by atoms with Crippen LogP contribution in [0.3, 0.4) is 0 Å². The van der Waals surface area contributed by atoms with Crippen LogP contribution in [0.4, 0.5) is 17.1 Å². The quantitative estimate of drug-likeness (QED) is 0.155. The molecule has 0 saturated carbocycles. The number of benzene rings is 10. The molecule has 0 fully saturated rings. The summed E-state index contributed by atoms with van der Waals surface area (Å²) in [4.78, 5) is 2.43. The van der Waals surface area contributed by atoms with Crippen molar-refractivity contribution < 1.29 is 0 Å². The van der Waals surface area contributed by atoms with Crippen LogP contribution < -0.4 is 4.90 Å². The van der Waals surface area contributed by atoms with Gasteiger partial charge in [-0.3, -0.25) is 0 Å². The molecular formula is C64H49N. The minimum atomic E-state index is -0.181. The first-order valence-electron chi connectivity index (χ1n) is 22.9. The van der Waals surface area contributed by atoms with Crippen LogP contribution in [-0.4, -0.2) is 0 Å². The molecule has 0 unspecified atom stereocenters. The molecule has 12 rings (SSSR count). The summed E-state index contributed by atoms with van der Waals surface area (Å²) in [6.45, 7) is 9.54. The molecule has 2 aliphatic carbocycles. The van der Waals surface area contributed by atoms with Crippen molar-refractivity contribution in [2.24, 2.45) is 0 Å². The van der Waals surface area contributed by atoms with E-state index < -0.39 is 0 Å². The Morgan fingerprint density at radius 2 is 0.692 bits per heavy atom. The number of hydrogen-bond donors (Lipinski definition) is 0. The summed E-state index contributed by atoms with van der Waals surface area (Å²) >= 11 is 0. The average Bonchev–Trinajstić information content (AvgIpc) is 3.74. The summed E-state index contributed by atoms with van der Waals surface area (Å²) in [6, 6.07) is 83.2. The van der Waals surface area contributed by atoms with Crippen molar-refractivity contribution in [1.29, 1.82) is 0 Å². The third-order valence-corrected chi connectivity index (χ3v) is 14.5. The molecule has 0 heterocycles. The Hall–Kier alpha value is -7.74. The Labute approximate surface area is 383 Å². The molecule has 0 radical (unpaired) electrons. The maximum Gasteiger partial charge on any atom is 0.0465 e. The van der Waals surface area contributed by atoms with Gasteiger partial charge in [0.25, 0.3) is 0 Å². The Balaban J connectivity index is 1.06. The highest BCUT2D eigenvalue weighted by Gasteiger charge is 2.40. The summed E-state index contributed by atoms with van der Waals surface area (Å²) in [5.74, 6) is 0. The molecule has 10 aromatic rings. The van der Waals surface area contributed by atoms with E-state index in [0.29, 0.717) is 0 Å². The zero-order valence-corrected chi connectivity index (χ0v) is 37.3. The van der Waals surface area contributed by atoms with Gasteiger partial charge in [0.05, 0.1) is 0 Å². The third kappa shape index (κ3) is 6.14.